The highest BCUT2D eigenvalue weighted by Crippen LogP contribution is 2.34. The standard InChI is InChI=1S/C20H26ClF3N2O5S/c1-18(2,3)31-16(27)14-11-13(21)5-6-15(14)32(29,30)26-9-7-19(4,8-10-26)12-25-17(28)20(22,23)24/h5-6,11H,7-10,12H2,1-4H3,(H,25,28). The van der Waals surface area contributed by atoms with Gasteiger partial charge in [0.1, 0.15) is 5.60 Å². The number of hydrogen-bond acceptors (Lipinski definition) is 5. The van der Waals surface area contributed by atoms with Crippen LogP contribution >= 0.6 is 11.6 Å². The molecule has 0 bridgehead atoms. The number of halogens is 4. The van der Waals surface area contributed by atoms with Gasteiger partial charge in [0.15, 0.2) is 0 Å². The van der Waals surface area contributed by atoms with Crippen LogP contribution in [0.15, 0.2) is 23.1 Å². The highest BCUT2D eigenvalue weighted by molar-refractivity contribution is 7.89. The highest BCUT2D eigenvalue weighted by atomic mass is 35.5. The first-order valence-electron chi connectivity index (χ1n) is 9.83. The number of carbonyl (C=O) groups is 2. The maximum absolute atomic E-state index is 13.3. The second-order valence-electron chi connectivity index (χ2n) is 9.04. The fourth-order valence-corrected chi connectivity index (χ4v) is 4.97. The fraction of sp³-hybridized carbons (Fsp3) is 0.600. The molecule has 1 N–H and O–H groups in total. The topological polar surface area (TPSA) is 92.8 Å². The first-order chi connectivity index (χ1) is 14.4. The third kappa shape index (κ3) is 6.58. The molecule has 7 nitrogen and oxygen atoms in total. The number of sulfonamides is 1. The van der Waals surface area contributed by atoms with Crippen LogP contribution in [0, 0.1) is 5.41 Å². The van der Waals surface area contributed by atoms with E-state index in [0.29, 0.717) is 0 Å². The van der Waals surface area contributed by atoms with Gasteiger partial charge < -0.3 is 10.1 Å². The van der Waals surface area contributed by atoms with Crippen molar-refractivity contribution in [2.24, 2.45) is 5.41 Å². The normalized spacial score (nSPS) is 17.6. The minimum Gasteiger partial charge on any atom is -0.456 e. The molecular formula is C20H26ClF3N2O5S. The van der Waals surface area contributed by atoms with Gasteiger partial charge in [0.05, 0.1) is 10.5 Å². The van der Waals surface area contributed by atoms with Crippen LogP contribution in [-0.4, -0.2) is 56.0 Å². The van der Waals surface area contributed by atoms with Gasteiger partial charge in [-0.25, -0.2) is 13.2 Å². The number of nitrogens with zero attached hydrogens (tertiary/aromatic N) is 1. The molecule has 1 aromatic carbocycles. The molecule has 0 saturated carbocycles. The van der Waals surface area contributed by atoms with Crippen molar-refractivity contribution in [1.82, 2.24) is 9.62 Å². The molecular weight excluding hydrogens is 473 g/mol. The number of piperidine rings is 1. The van der Waals surface area contributed by atoms with Gasteiger partial charge in [-0.15, -0.1) is 0 Å². The van der Waals surface area contributed by atoms with Crippen LogP contribution in [0.25, 0.3) is 0 Å². The third-order valence-electron chi connectivity index (χ3n) is 5.04. The van der Waals surface area contributed by atoms with Crippen molar-refractivity contribution in [2.75, 3.05) is 19.6 Å². The molecule has 0 aromatic heterocycles. The predicted molar refractivity (Wildman–Crippen MR) is 112 cm³/mol. The van der Waals surface area contributed by atoms with Crippen molar-refractivity contribution in [3.8, 4) is 0 Å². The lowest BCUT2D eigenvalue weighted by atomic mass is 9.81. The Balaban J connectivity index is 2.19. The number of esters is 1. The number of nitrogens with one attached hydrogen (secondary N) is 1. The summed E-state index contributed by atoms with van der Waals surface area (Å²) in [7, 11) is -4.11. The maximum atomic E-state index is 13.3. The Hall–Kier alpha value is -1.85. The summed E-state index contributed by atoms with van der Waals surface area (Å²) in [5, 5.41) is 2.03. The zero-order chi connectivity index (χ0) is 24.5. The van der Waals surface area contributed by atoms with E-state index in [-0.39, 0.29) is 48.0 Å². The van der Waals surface area contributed by atoms with Crippen LogP contribution in [0.2, 0.25) is 5.02 Å². The largest absolute Gasteiger partial charge is 0.471 e. The van der Waals surface area contributed by atoms with Crippen LogP contribution in [-0.2, 0) is 19.6 Å². The molecule has 180 valence electrons. The average molecular weight is 499 g/mol. The summed E-state index contributed by atoms with van der Waals surface area (Å²) in [5.41, 5.74) is -1.76. The van der Waals surface area contributed by atoms with Crippen molar-refractivity contribution in [2.45, 2.75) is 57.2 Å². The summed E-state index contributed by atoms with van der Waals surface area (Å²) >= 11 is 5.97. The van der Waals surface area contributed by atoms with E-state index in [1.165, 1.54) is 18.2 Å². The zero-order valence-electron chi connectivity index (χ0n) is 18.2. The molecule has 1 saturated heterocycles. The fourth-order valence-electron chi connectivity index (χ4n) is 3.20. The number of amides is 1. The van der Waals surface area contributed by atoms with Crippen molar-refractivity contribution in [1.29, 1.82) is 0 Å². The van der Waals surface area contributed by atoms with E-state index in [2.05, 4.69) is 0 Å². The predicted octanol–water partition coefficient (Wildman–Crippen LogP) is 3.76. The molecule has 1 aliphatic heterocycles. The monoisotopic (exact) mass is 498 g/mol. The lowest BCUT2D eigenvalue weighted by Crippen LogP contribution is -2.48. The van der Waals surface area contributed by atoms with Crippen LogP contribution in [0.1, 0.15) is 50.9 Å². The number of ether oxygens (including phenoxy) is 1. The Kier molecular flexibility index (Phi) is 7.58. The molecule has 2 rings (SSSR count). The van der Waals surface area contributed by atoms with E-state index in [1.54, 1.807) is 27.7 Å². The Morgan fingerprint density at radius 2 is 1.75 bits per heavy atom. The minimum atomic E-state index is -4.98. The smallest absolute Gasteiger partial charge is 0.456 e. The molecule has 12 heteroatoms. The Labute approximate surface area is 190 Å². The molecule has 1 amide bonds. The van der Waals surface area contributed by atoms with Gasteiger partial charge in [-0.1, -0.05) is 18.5 Å². The second-order valence-corrected chi connectivity index (χ2v) is 11.4. The molecule has 1 aromatic rings. The minimum absolute atomic E-state index is 0.0110. The van der Waals surface area contributed by atoms with Crippen molar-refractivity contribution in [3.63, 3.8) is 0 Å². The lowest BCUT2D eigenvalue weighted by molar-refractivity contribution is -0.174. The van der Waals surface area contributed by atoms with Crippen LogP contribution in [0.4, 0.5) is 13.2 Å². The number of benzene rings is 1. The van der Waals surface area contributed by atoms with E-state index < -0.39 is 39.1 Å². The zero-order valence-corrected chi connectivity index (χ0v) is 19.7. The summed E-state index contributed by atoms with van der Waals surface area (Å²) in [6.07, 6.45) is -4.54. The van der Waals surface area contributed by atoms with Gasteiger partial charge >= 0.3 is 18.1 Å². The number of alkyl halides is 3. The molecule has 32 heavy (non-hydrogen) atoms. The van der Waals surface area contributed by atoms with Crippen molar-refractivity contribution < 1.29 is 35.9 Å². The van der Waals surface area contributed by atoms with E-state index >= 15 is 0 Å². The maximum Gasteiger partial charge on any atom is 0.471 e. The SMILES string of the molecule is CC1(CNC(=O)C(F)(F)F)CCN(S(=O)(=O)c2ccc(Cl)cc2C(=O)OC(C)(C)C)CC1. The number of rotatable bonds is 5. The first-order valence-corrected chi connectivity index (χ1v) is 11.6. The van der Waals surface area contributed by atoms with Crippen molar-refractivity contribution >= 4 is 33.5 Å². The Morgan fingerprint density at radius 3 is 2.25 bits per heavy atom. The van der Waals surface area contributed by atoms with E-state index in [9.17, 15) is 31.2 Å². The van der Waals surface area contributed by atoms with Crippen LogP contribution < -0.4 is 5.32 Å². The van der Waals surface area contributed by atoms with Gasteiger partial charge in [-0.3, -0.25) is 4.79 Å². The number of carbonyl (C=O) groups excluding carboxylic acids is 2. The molecule has 1 aliphatic rings. The average Bonchev–Trinajstić information content (AvgIpc) is 2.64. The van der Waals surface area contributed by atoms with Gasteiger partial charge in [0.25, 0.3) is 0 Å². The summed E-state index contributed by atoms with van der Waals surface area (Å²) in [4.78, 5) is 23.4. The van der Waals surface area contributed by atoms with Gasteiger partial charge in [-0.2, -0.15) is 17.5 Å². The van der Waals surface area contributed by atoms with Gasteiger partial charge in [0, 0.05) is 24.7 Å². The Morgan fingerprint density at radius 1 is 1.19 bits per heavy atom. The van der Waals surface area contributed by atoms with E-state index in [1.807, 2.05) is 5.32 Å². The molecule has 1 fully saturated rings. The summed E-state index contributed by atoms with van der Waals surface area (Å²) in [6, 6.07) is 3.81. The van der Waals surface area contributed by atoms with Crippen molar-refractivity contribution in [3.05, 3.63) is 28.8 Å². The summed E-state index contributed by atoms with van der Waals surface area (Å²) in [5.74, 6) is -2.87. The second kappa shape index (κ2) is 9.18. The van der Waals surface area contributed by atoms with E-state index in [0.717, 1.165) is 4.31 Å². The van der Waals surface area contributed by atoms with Crippen LogP contribution in [0.5, 0.6) is 0 Å². The molecule has 0 radical (unpaired) electrons. The number of hydrogen-bond donors (Lipinski definition) is 1. The molecule has 0 spiro atoms. The van der Waals surface area contributed by atoms with E-state index in [4.69, 9.17) is 16.3 Å². The molecule has 1 heterocycles. The molecule has 0 atom stereocenters. The summed E-state index contributed by atoms with van der Waals surface area (Å²) < 4.78 is 70.2. The van der Waals surface area contributed by atoms with Gasteiger partial charge in [-0.05, 0) is 57.2 Å². The van der Waals surface area contributed by atoms with Gasteiger partial charge in [0.2, 0.25) is 10.0 Å². The molecule has 0 unspecified atom stereocenters. The lowest BCUT2D eigenvalue weighted by Gasteiger charge is -2.39. The third-order valence-corrected chi connectivity index (χ3v) is 7.23. The summed E-state index contributed by atoms with van der Waals surface area (Å²) in [6.45, 7) is 6.41. The quantitative estimate of drug-likeness (QED) is 0.624. The van der Waals surface area contributed by atoms with Crippen LogP contribution in [0.3, 0.4) is 0 Å². The highest BCUT2D eigenvalue weighted by Gasteiger charge is 2.41. The first kappa shape index (κ1) is 26.4. The molecule has 0 aliphatic carbocycles. The Bertz CT molecular complexity index is 982.